The van der Waals surface area contributed by atoms with Gasteiger partial charge in [-0.3, -0.25) is 0 Å². The van der Waals surface area contributed by atoms with E-state index in [0.717, 1.165) is 21.7 Å². The second-order valence-electron chi connectivity index (χ2n) is 5.80. The van der Waals surface area contributed by atoms with Crippen molar-refractivity contribution in [2.24, 2.45) is 11.8 Å². The molecule has 0 spiro atoms. The molecule has 1 aromatic heterocycles. The fourth-order valence-corrected chi connectivity index (χ4v) is 3.99. The van der Waals surface area contributed by atoms with Crippen LogP contribution in [0.4, 0.5) is 0 Å². The van der Waals surface area contributed by atoms with E-state index in [1.165, 1.54) is 32.8 Å². The second-order valence-corrected chi connectivity index (χ2v) is 7.04. The molecule has 1 saturated carbocycles. The van der Waals surface area contributed by atoms with Gasteiger partial charge in [0.1, 0.15) is 0 Å². The quantitative estimate of drug-likeness (QED) is 0.781. The number of thiazole rings is 1. The number of carbonyl (C=O) groups is 1. The lowest BCUT2D eigenvalue weighted by atomic mass is 9.77. The summed E-state index contributed by atoms with van der Waals surface area (Å²) in [6.45, 7) is 6.58. The highest BCUT2D eigenvalue weighted by Gasteiger charge is 2.27. The number of esters is 1. The van der Waals surface area contributed by atoms with Gasteiger partial charge in [-0.15, -0.1) is 11.3 Å². The minimum Gasteiger partial charge on any atom is -0.464 e. The Balaban J connectivity index is 2.06. The first-order valence-electron chi connectivity index (χ1n) is 7.08. The van der Waals surface area contributed by atoms with Crippen molar-refractivity contribution in [3.8, 4) is 0 Å². The van der Waals surface area contributed by atoms with Crippen LogP contribution in [0.5, 0.6) is 0 Å². The first kappa shape index (κ1) is 14.5. The molecule has 0 N–H and O–H groups in total. The zero-order valence-corrected chi connectivity index (χ0v) is 13.0. The number of rotatable bonds is 3. The Morgan fingerprint density at radius 2 is 1.95 bits per heavy atom. The van der Waals surface area contributed by atoms with Gasteiger partial charge in [0.2, 0.25) is 0 Å². The van der Waals surface area contributed by atoms with Gasteiger partial charge in [0, 0.05) is 10.8 Å². The SMILES string of the molecule is COC(=O)c1nc(C2CCC(C(C)C)CC2)sc1C. The van der Waals surface area contributed by atoms with Gasteiger partial charge in [-0.25, -0.2) is 9.78 Å². The number of aromatic nitrogens is 1. The Morgan fingerprint density at radius 3 is 2.47 bits per heavy atom. The lowest BCUT2D eigenvalue weighted by Gasteiger charge is -2.29. The van der Waals surface area contributed by atoms with E-state index in [9.17, 15) is 4.79 Å². The zero-order chi connectivity index (χ0) is 14.0. The third-order valence-corrected chi connectivity index (χ3v) is 5.39. The van der Waals surface area contributed by atoms with Crippen molar-refractivity contribution in [3.63, 3.8) is 0 Å². The van der Waals surface area contributed by atoms with Crippen molar-refractivity contribution in [1.29, 1.82) is 0 Å². The highest BCUT2D eigenvalue weighted by atomic mass is 32.1. The summed E-state index contributed by atoms with van der Waals surface area (Å²) in [5.74, 6) is 1.87. The predicted octanol–water partition coefficient (Wildman–Crippen LogP) is 4.17. The Hall–Kier alpha value is -0.900. The molecule has 1 aromatic rings. The number of hydrogen-bond acceptors (Lipinski definition) is 4. The maximum absolute atomic E-state index is 11.6. The largest absolute Gasteiger partial charge is 0.464 e. The van der Waals surface area contributed by atoms with Gasteiger partial charge < -0.3 is 4.74 Å². The molecule has 2 rings (SSSR count). The van der Waals surface area contributed by atoms with E-state index < -0.39 is 0 Å². The maximum atomic E-state index is 11.6. The molecular weight excluding hydrogens is 258 g/mol. The summed E-state index contributed by atoms with van der Waals surface area (Å²) in [5.41, 5.74) is 0.508. The molecule has 1 fully saturated rings. The lowest BCUT2D eigenvalue weighted by Crippen LogP contribution is -2.17. The summed E-state index contributed by atoms with van der Waals surface area (Å²) >= 11 is 1.66. The van der Waals surface area contributed by atoms with Gasteiger partial charge in [0.05, 0.1) is 12.1 Å². The van der Waals surface area contributed by atoms with Crippen molar-refractivity contribution in [2.45, 2.75) is 52.4 Å². The van der Waals surface area contributed by atoms with E-state index in [4.69, 9.17) is 4.74 Å². The molecule has 19 heavy (non-hydrogen) atoms. The van der Waals surface area contributed by atoms with Gasteiger partial charge in [-0.1, -0.05) is 13.8 Å². The molecule has 3 nitrogen and oxygen atoms in total. The van der Waals surface area contributed by atoms with Crippen molar-refractivity contribution in [3.05, 3.63) is 15.6 Å². The van der Waals surface area contributed by atoms with Gasteiger partial charge in [-0.05, 0) is 44.4 Å². The van der Waals surface area contributed by atoms with Gasteiger partial charge in [0.25, 0.3) is 0 Å². The van der Waals surface area contributed by atoms with Crippen LogP contribution in [0.2, 0.25) is 0 Å². The van der Waals surface area contributed by atoms with E-state index >= 15 is 0 Å². The molecule has 1 aliphatic carbocycles. The van der Waals surface area contributed by atoms with Crippen LogP contribution in [0.25, 0.3) is 0 Å². The molecule has 0 unspecified atom stereocenters. The average molecular weight is 281 g/mol. The summed E-state index contributed by atoms with van der Waals surface area (Å²) in [6.07, 6.45) is 4.98. The molecule has 1 aliphatic rings. The highest BCUT2D eigenvalue weighted by Crippen LogP contribution is 2.40. The molecule has 0 radical (unpaired) electrons. The van der Waals surface area contributed by atoms with Crippen LogP contribution in [-0.2, 0) is 4.74 Å². The van der Waals surface area contributed by atoms with E-state index in [2.05, 4.69) is 18.8 Å². The van der Waals surface area contributed by atoms with Crippen LogP contribution in [0.3, 0.4) is 0 Å². The number of aryl methyl sites for hydroxylation is 1. The Morgan fingerprint density at radius 1 is 1.32 bits per heavy atom. The summed E-state index contributed by atoms with van der Waals surface area (Å²) < 4.78 is 4.77. The first-order valence-corrected chi connectivity index (χ1v) is 7.90. The molecule has 0 saturated heterocycles. The summed E-state index contributed by atoms with van der Waals surface area (Å²) in [4.78, 5) is 17.1. The molecule has 0 bridgehead atoms. The summed E-state index contributed by atoms with van der Waals surface area (Å²) in [5, 5.41) is 1.13. The van der Waals surface area contributed by atoms with Crippen LogP contribution in [0.1, 0.15) is 65.8 Å². The topological polar surface area (TPSA) is 39.2 Å². The van der Waals surface area contributed by atoms with Crippen molar-refractivity contribution in [2.75, 3.05) is 7.11 Å². The lowest BCUT2D eigenvalue weighted by molar-refractivity contribution is 0.0594. The number of methoxy groups -OCH3 is 1. The predicted molar refractivity (Wildman–Crippen MR) is 77.7 cm³/mol. The summed E-state index contributed by atoms with van der Waals surface area (Å²) in [7, 11) is 1.41. The number of nitrogens with zero attached hydrogens (tertiary/aromatic N) is 1. The van der Waals surface area contributed by atoms with Crippen LogP contribution in [0.15, 0.2) is 0 Å². The molecule has 4 heteroatoms. The second kappa shape index (κ2) is 6.04. The minimum absolute atomic E-state index is 0.309. The van der Waals surface area contributed by atoms with Crippen LogP contribution in [0, 0.1) is 18.8 Å². The molecule has 106 valence electrons. The average Bonchev–Trinajstić information content (AvgIpc) is 2.80. The molecular formula is C15H23NO2S. The number of carbonyl (C=O) groups excluding carboxylic acids is 1. The third-order valence-electron chi connectivity index (χ3n) is 4.26. The smallest absolute Gasteiger partial charge is 0.357 e. The molecule has 0 aliphatic heterocycles. The van der Waals surface area contributed by atoms with Crippen molar-refractivity contribution < 1.29 is 9.53 Å². The monoisotopic (exact) mass is 281 g/mol. The normalized spacial score (nSPS) is 23.6. The number of ether oxygens (including phenoxy) is 1. The Labute approximate surface area is 119 Å². The van der Waals surface area contributed by atoms with Crippen molar-refractivity contribution in [1.82, 2.24) is 4.98 Å². The highest BCUT2D eigenvalue weighted by molar-refractivity contribution is 7.12. The molecule has 1 heterocycles. The summed E-state index contributed by atoms with van der Waals surface area (Å²) in [6, 6.07) is 0. The Bertz CT molecular complexity index is 445. The van der Waals surface area contributed by atoms with Crippen molar-refractivity contribution >= 4 is 17.3 Å². The fraction of sp³-hybridized carbons (Fsp3) is 0.733. The van der Waals surface area contributed by atoms with E-state index in [1.54, 1.807) is 11.3 Å². The zero-order valence-electron chi connectivity index (χ0n) is 12.2. The fourth-order valence-electron chi connectivity index (χ4n) is 2.91. The Kier molecular flexibility index (Phi) is 4.61. The standard InChI is InChI=1S/C15H23NO2S/c1-9(2)11-5-7-12(8-6-11)14-16-13(10(3)19-14)15(17)18-4/h9,11-12H,5-8H2,1-4H3. The van der Waals surface area contributed by atoms with E-state index in [-0.39, 0.29) is 5.97 Å². The molecule has 0 aromatic carbocycles. The molecule has 0 atom stereocenters. The minimum atomic E-state index is -0.309. The van der Waals surface area contributed by atoms with E-state index in [0.29, 0.717) is 11.6 Å². The van der Waals surface area contributed by atoms with Crippen LogP contribution < -0.4 is 0 Å². The van der Waals surface area contributed by atoms with E-state index in [1.807, 2.05) is 6.92 Å². The first-order chi connectivity index (χ1) is 9.02. The van der Waals surface area contributed by atoms with Crippen LogP contribution >= 0.6 is 11.3 Å². The van der Waals surface area contributed by atoms with Gasteiger partial charge in [-0.2, -0.15) is 0 Å². The maximum Gasteiger partial charge on any atom is 0.357 e. The van der Waals surface area contributed by atoms with Crippen LogP contribution in [-0.4, -0.2) is 18.1 Å². The van der Waals surface area contributed by atoms with Gasteiger partial charge in [0.15, 0.2) is 5.69 Å². The molecule has 0 amide bonds. The third kappa shape index (κ3) is 3.16. The van der Waals surface area contributed by atoms with Gasteiger partial charge >= 0.3 is 5.97 Å². The number of hydrogen-bond donors (Lipinski definition) is 0.